The number of hydrogen-bond acceptors (Lipinski definition) is 5. The van der Waals surface area contributed by atoms with E-state index in [4.69, 9.17) is 9.47 Å². The zero-order chi connectivity index (χ0) is 19.2. The Morgan fingerprint density at radius 3 is 2.74 bits per heavy atom. The number of nitrogens with one attached hydrogen (secondary N) is 1. The third-order valence-corrected chi connectivity index (χ3v) is 4.24. The van der Waals surface area contributed by atoms with Gasteiger partial charge in [-0.3, -0.25) is 4.79 Å². The van der Waals surface area contributed by atoms with Crippen molar-refractivity contribution in [2.24, 2.45) is 0 Å². The first-order chi connectivity index (χ1) is 13.0. The number of hydrogen-bond donors (Lipinski definition) is 1. The van der Waals surface area contributed by atoms with Crippen molar-refractivity contribution >= 4 is 23.3 Å². The molecular weight excluding hydrogens is 344 g/mol. The molecule has 0 aliphatic carbocycles. The molecule has 1 aliphatic heterocycles. The third-order valence-electron chi connectivity index (χ3n) is 4.24. The predicted molar refractivity (Wildman–Crippen MR) is 105 cm³/mol. The van der Waals surface area contributed by atoms with Crippen LogP contribution in [0.3, 0.4) is 0 Å². The van der Waals surface area contributed by atoms with Crippen LogP contribution < -0.4 is 19.7 Å². The van der Waals surface area contributed by atoms with E-state index in [1.54, 1.807) is 11.0 Å². The minimum Gasteiger partial charge on any atom is -0.494 e. The zero-order valence-corrected chi connectivity index (χ0v) is 15.7. The minimum atomic E-state index is -0.368. The summed E-state index contributed by atoms with van der Waals surface area (Å²) in [6.45, 7) is 4.88. The molecule has 0 fully saturated rings. The van der Waals surface area contributed by atoms with Gasteiger partial charge < -0.3 is 19.7 Å². The molecule has 2 aromatic carbocycles. The van der Waals surface area contributed by atoms with Gasteiger partial charge in [0.15, 0.2) is 5.75 Å². The van der Waals surface area contributed by atoms with Crippen LogP contribution in [0.2, 0.25) is 0 Å². The number of amides is 1. The molecule has 0 spiro atoms. The number of esters is 1. The molecule has 3 rings (SSSR count). The first kappa shape index (κ1) is 18.8. The molecule has 6 heteroatoms. The Labute approximate surface area is 159 Å². The van der Waals surface area contributed by atoms with Crippen LogP contribution in [0.5, 0.6) is 11.5 Å². The number of unbranched alkanes of at least 4 members (excludes halogenated alkanes) is 1. The minimum absolute atomic E-state index is 0.0497. The molecular formula is C21H24N2O4. The lowest BCUT2D eigenvalue weighted by molar-refractivity contribution is -0.133. The highest BCUT2D eigenvalue weighted by Gasteiger charge is 2.25. The van der Waals surface area contributed by atoms with Gasteiger partial charge in [-0.25, -0.2) is 4.79 Å². The number of nitrogens with zero attached hydrogens (tertiary/aromatic N) is 1. The largest absolute Gasteiger partial charge is 0.494 e. The van der Waals surface area contributed by atoms with Gasteiger partial charge >= 0.3 is 5.97 Å². The molecule has 1 N–H and O–H groups in total. The van der Waals surface area contributed by atoms with Crippen molar-refractivity contribution in [1.82, 2.24) is 0 Å². The summed E-state index contributed by atoms with van der Waals surface area (Å²) in [5.74, 6) is 0.701. The Morgan fingerprint density at radius 1 is 1.22 bits per heavy atom. The van der Waals surface area contributed by atoms with Crippen LogP contribution in [0.25, 0.3) is 0 Å². The molecule has 1 aliphatic rings. The summed E-state index contributed by atoms with van der Waals surface area (Å²) in [5, 5.41) is 2.86. The highest BCUT2D eigenvalue weighted by Crippen LogP contribution is 2.32. The summed E-state index contributed by atoms with van der Waals surface area (Å²) in [7, 11) is 0. The molecule has 6 nitrogen and oxygen atoms in total. The van der Waals surface area contributed by atoms with Gasteiger partial charge in [0.2, 0.25) is 5.91 Å². The zero-order valence-electron chi connectivity index (χ0n) is 15.7. The van der Waals surface area contributed by atoms with Crippen LogP contribution in [-0.2, 0) is 9.59 Å². The predicted octanol–water partition coefficient (Wildman–Crippen LogP) is 3.54. The SMILES string of the molecule is CCCCOc1ccc(NC(=O)CN2CC(=O)Oc3ccc(C)cc32)cc1. The van der Waals surface area contributed by atoms with Gasteiger partial charge in [-0.1, -0.05) is 19.4 Å². The molecule has 2 aromatic rings. The highest BCUT2D eigenvalue weighted by molar-refractivity contribution is 5.96. The van der Waals surface area contributed by atoms with E-state index < -0.39 is 0 Å². The highest BCUT2D eigenvalue weighted by atomic mass is 16.5. The third kappa shape index (κ3) is 5.00. The van der Waals surface area contributed by atoms with Crippen LogP contribution in [-0.4, -0.2) is 31.6 Å². The molecule has 0 radical (unpaired) electrons. The molecule has 1 amide bonds. The van der Waals surface area contributed by atoms with Crippen LogP contribution in [0.15, 0.2) is 42.5 Å². The van der Waals surface area contributed by atoms with Crippen molar-refractivity contribution in [1.29, 1.82) is 0 Å². The van der Waals surface area contributed by atoms with Gasteiger partial charge in [-0.2, -0.15) is 0 Å². The molecule has 0 saturated heterocycles. The second-order valence-corrected chi connectivity index (χ2v) is 6.58. The molecule has 142 valence electrons. The summed E-state index contributed by atoms with van der Waals surface area (Å²) in [6.07, 6.45) is 2.10. The van der Waals surface area contributed by atoms with Crippen LogP contribution in [0.1, 0.15) is 25.3 Å². The quantitative estimate of drug-likeness (QED) is 0.460. The number of carbonyl (C=O) groups is 2. The Kier molecular flexibility index (Phi) is 5.96. The fourth-order valence-electron chi connectivity index (χ4n) is 2.84. The second-order valence-electron chi connectivity index (χ2n) is 6.58. The van der Waals surface area contributed by atoms with Gasteiger partial charge in [0.05, 0.1) is 18.8 Å². The number of fused-ring (bicyclic) bond motifs is 1. The van der Waals surface area contributed by atoms with Crippen LogP contribution in [0, 0.1) is 6.92 Å². The monoisotopic (exact) mass is 368 g/mol. The summed E-state index contributed by atoms with van der Waals surface area (Å²) in [5.41, 5.74) is 2.48. The Hall–Kier alpha value is -3.02. The molecule has 0 unspecified atom stereocenters. The number of benzene rings is 2. The van der Waals surface area contributed by atoms with Gasteiger partial charge in [0.1, 0.15) is 12.3 Å². The van der Waals surface area contributed by atoms with Crippen LogP contribution >= 0.6 is 0 Å². The fraction of sp³-hybridized carbons (Fsp3) is 0.333. The number of rotatable bonds is 7. The molecule has 0 aromatic heterocycles. The Bertz CT molecular complexity index is 817. The lowest BCUT2D eigenvalue weighted by atomic mass is 10.1. The lowest BCUT2D eigenvalue weighted by Crippen LogP contribution is -2.41. The molecule has 0 bridgehead atoms. The number of anilines is 2. The molecule has 27 heavy (non-hydrogen) atoms. The summed E-state index contributed by atoms with van der Waals surface area (Å²) in [6, 6.07) is 12.8. The molecule has 0 atom stereocenters. The number of aryl methyl sites for hydroxylation is 1. The first-order valence-corrected chi connectivity index (χ1v) is 9.14. The average molecular weight is 368 g/mol. The first-order valence-electron chi connectivity index (χ1n) is 9.14. The van der Waals surface area contributed by atoms with Crippen molar-refractivity contribution in [3.63, 3.8) is 0 Å². The maximum absolute atomic E-state index is 12.4. The summed E-state index contributed by atoms with van der Waals surface area (Å²) >= 11 is 0. The van der Waals surface area contributed by atoms with Crippen molar-refractivity contribution in [2.75, 3.05) is 29.9 Å². The normalized spacial score (nSPS) is 13.0. The lowest BCUT2D eigenvalue weighted by Gasteiger charge is -2.29. The van der Waals surface area contributed by atoms with Crippen molar-refractivity contribution in [2.45, 2.75) is 26.7 Å². The Balaban J connectivity index is 1.61. The van der Waals surface area contributed by atoms with Crippen molar-refractivity contribution < 1.29 is 19.1 Å². The fourth-order valence-corrected chi connectivity index (χ4v) is 2.84. The van der Waals surface area contributed by atoms with Gasteiger partial charge in [0, 0.05) is 5.69 Å². The van der Waals surface area contributed by atoms with E-state index in [9.17, 15) is 9.59 Å². The molecule has 1 heterocycles. The number of carbonyl (C=O) groups excluding carboxylic acids is 2. The standard InChI is InChI=1S/C21H24N2O4/c1-3-4-11-26-17-8-6-16(7-9-17)22-20(24)13-23-14-21(25)27-19-10-5-15(2)12-18(19)23/h5-10,12H,3-4,11,13-14H2,1-2H3,(H,22,24). The Morgan fingerprint density at radius 2 is 2.00 bits per heavy atom. The van der Waals surface area contributed by atoms with E-state index in [0.29, 0.717) is 18.0 Å². The van der Waals surface area contributed by atoms with Crippen LogP contribution in [0.4, 0.5) is 11.4 Å². The summed E-state index contributed by atoms with van der Waals surface area (Å²) < 4.78 is 10.9. The maximum atomic E-state index is 12.4. The van der Waals surface area contributed by atoms with Gasteiger partial charge in [-0.15, -0.1) is 0 Å². The van der Waals surface area contributed by atoms with E-state index in [-0.39, 0.29) is 25.0 Å². The van der Waals surface area contributed by atoms with E-state index >= 15 is 0 Å². The smallest absolute Gasteiger partial charge is 0.331 e. The van der Waals surface area contributed by atoms with E-state index in [2.05, 4.69) is 12.2 Å². The topological polar surface area (TPSA) is 67.9 Å². The second kappa shape index (κ2) is 8.58. The van der Waals surface area contributed by atoms with E-state index in [0.717, 1.165) is 29.8 Å². The van der Waals surface area contributed by atoms with Crippen molar-refractivity contribution in [3.05, 3.63) is 48.0 Å². The average Bonchev–Trinajstić information content (AvgIpc) is 2.64. The maximum Gasteiger partial charge on any atom is 0.331 e. The van der Waals surface area contributed by atoms with Gasteiger partial charge in [-0.05, 0) is 55.3 Å². The van der Waals surface area contributed by atoms with Gasteiger partial charge in [0.25, 0.3) is 0 Å². The number of ether oxygens (including phenoxy) is 2. The molecule has 0 saturated carbocycles. The van der Waals surface area contributed by atoms with E-state index in [1.807, 2.05) is 43.3 Å². The summed E-state index contributed by atoms with van der Waals surface area (Å²) in [4.78, 5) is 26.0. The van der Waals surface area contributed by atoms with Crippen molar-refractivity contribution in [3.8, 4) is 11.5 Å². The van der Waals surface area contributed by atoms with E-state index in [1.165, 1.54) is 0 Å².